The summed E-state index contributed by atoms with van der Waals surface area (Å²) in [6.45, 7) is 9.30. The molecule has 19 heavy (non-hydrogen) atoms. The van der Waals surface area contributed by atoms with Crippen LogP contribution >= 0.6 is 27.3 Å². The molecule has 0 aliphatic carbocycles. The van der Waals surface area contributed by atoms with Gasteiger partial charge in [-0.2, -0.15) is 0 Å². The van der Waals surface area contributed by atoms with E-state index in [-0.39, 0.29) is 0 Å². The second-order valence-electron chi connectivity index (χ2n) is 4.60. The van der Waals surface area contributed by atoms with Gasteiger partial charge in [0.2, 0.25) is 0 Å². The zero-order chi connectivity index (χ0) is 13.8. The summed E-state index contributed by atoms with van der Waals surface area (Å²) in [5.41, 5.74) is 6.03. The number of aliphatic imine (C=N–C) groups is 1. The van der Waals surface area contributed by atoms with E-state index in [9.17, 15) is 0 Å². The molecular formula is C13H21BrN4S. The Kier molecular flexibility index (Phi) is 5.24. The quantitative estimate of drug-likeness (QED) is 0.862. The molecule has 106 valence electrons. The largest absolute Gasteiger partial charge is 0.370 e. The Bertz CT molecular complexity index is 442. The van der Waals surface area contributed by atoms with Crippen LogP contribution in [0.25, 0.3) is 0 Å². The van der Waals surface area contributed by atoms with Crippen LogP contribution in [0.3, 0.4) is 0 Å². The number of nitrogens with two attached hydrogens (primary N) is 1. The molecule has 1 aromatic heterocycles. The summed E-state index contributed by atoms with van der Waals surface area (Å²) in [6.07, 6.45) is 0. The van der Waals surface area contributed by atoms with Gasteiger partial charge in [0.1, 0.15) is 0 Å². The van der Waals surface area contributed by atoms with Crippen molar-refractivity contribution in [3.8, 4) is 0 Å². The zero-order valence-corrected chi connectivity index (χ0v) is 13.9. The highest BCUT2D eigenvalue weighted by Gasteiger charge is 2.28. The Morgan fingerprint density at radius 1 is 1.53 bits per heavy atom. The molecule has 1 aliphatic rings. The average molecular weight is 345 g/mol. The SMILES string of the molecule is CCN(CC)CCN1C(N)=NCC1c1cc(Br)cs1. The molecule has 0 saturated heterocycles. The zero-order valence-electron chi connectivity index (χ0n) is 11.5. The van der Waals surface area contributed by atoms with Crippen LogP contribution in [0.5, 0.6) is 0 Å². The van der Waals surface area contributed by atoms with Crippen LogP contribution < -0.4 is 5.73 Å². The van der Waals surface area contributed by atoms with Crippen molar-refractivity contribution in [2.75, 3.05) is 32.7 Å². The van der Waals surface area contributed by atoms with Crippen molar-refractivity contribution in [3.63, 3.8) is 0 Å². The smallest absolute Gasteiger partial charge is 0.191 e. The third kappa shape index (κ3) is 3.49. The number of likely N-dealkylation sites (N-methyl/N-ethyl adjacent to an activating group) is 1. The van der Waals surface area contributed by atoms with Crippen molar-refractivity contribution in [1.29, 1.82) is 0 Å². The van der Waals surface area contributed by atoms with Crippen molar-refractivity contribution >= 4 is 33.2 Å². The predicted molar refractivity (Wildman–Crippen MR) is 85.7 cm³/mol. The van der Waals surface area contributed by atoms with E-state index in [4.69, 9.17) is 5.73 Å². The number of rotatable bonds is 6. The molecule has 0 amide bonds. The number of nitrogens with zero attached hydrogens (tertiary/aromatic N) is 3. The number of halogens is 1. The molecule has 0 radical (unpaired) electrons. The first-order chi connectivity index (χ1) is 9.15. The molecule has 6 heteroatoms. The van der Waals surface area contributed by atoms with Crippen molar-refractivity contribution in [2.24, 2.45) is 10.7 Å². The summed E-state index contributed by atoms with van der Waals surface area (Å²) in [5, 5.41) is 2.12. The van der Waals surface area contributed by atoms with Crippen LogP contribution in [-0.2, 0) is 0 Å². The highest BCUT2D eigenvalue weighted by atomic mass is 79.9. The number of guanidine groups is 1. The lowest BCUT2D eigenvalue weighted by atomic mass is 10.2. The van der Waals surface area contributed by atoms with Gasteiger partial charge >= 0.3 is 0 Å². The van der Waals surface area contributed by atoms with E-state index < -0.39 is 0 Å². The third-order valence-electron chi connectivity index (χ3n) is 3.56. The Balaban J connectivity index is 2.01. The molecule has 0 aromatic carbocycles. The van der Waals surface area contributed by atoms with Gasteiger partial charge in [-0.1, -0.05) is 13.8 Å². The first-order valence-electron chi connectivity index (χ1n) is 6.68. The van der Waals surface area contributed by atoms with Crippen LogP contribution in [0.4, 0.5) is 0 Å². The van der Waals surface area contributed by atoms with Gasteiger partial charge in [-0.25, -0.2) is 0 Å². The fourth-order valence-electron chi connectivity index (χ4n) is 2.34. The first-order valence-corrected chi connectivity index (χ1v) is 8.35. The summed E-state index contributed by atoms with van der Waals surface area (Å²) < 4.78 is 1.14. The second-order valence-corrected chi connectivity index (χ2v) is 6.46. The second kappa shape index (κ2) is 6.72. The van der Waals surface area contributed by atoms with Gasteiger partial charge in [-0.05, 0) is 35.1 Å². The summed E-state index contributed by atoms with van der Waals surface area (Å²) in [4.78, 5) is 10.4. The van der Waals surface area contributed by atoms with Crippen molar-refractivity contribution in [1.82, 2.24) is 9.80 Å². The maximum Gasteiger partial charge on any atom is 0.191 e. The molecule has 1 aliphatic heterocycles. The minimum atomic E-state index is 0.312. The lowest BCUT2D eigenvalue weighted by Gasteiger charge is -2.28. The number of hydrogen-bond donors (Lipinski definition) is 1. The Hall–Kier alpha value is -0.590. The molecule has 2 rings (SSSR count). The van der Waals surface area contributed by atoms with E-state index >= 15 is 0 Å². The normalized spacial score (nSPS) is 19.3. The van der Waals surface area contributed by atoms with E-state index in [1.165, 1.54) is 4.88 Å². The first kappa shape index (κ1) is 14.8. The van der Waals surface area contributed by atoms with Crippen molar-refractivity contribution in [2.45, 2.75) is 19.9 Å². The maximum atomic E-state index is 6.03. The molecule has 0 fully saturated rings. The Labute approximate surface area is 127 Å². The van der Waals surface area contributed by atoms with Gasteiger partial charge in [0.05, 0.1) is 12.6 Å². The average Bonchev–Trinajstić information content (AvgIpc) is 2.98. The van der Waals surface area contributed by atoms with Gasteiger partial charge in [0, 0.05) is 27.8 Å². The Morgan fingerprint density at radius 2 is 2.26 bits per heavy atom. The van der Waals surface area contributed by atoms with Crippen molar-refractivity contribution < 1.29 is 0 Å². The molecule has 1 aromatic rings. The van der Waals surface area contributed by atoms with Crippen LogP contribution in [0.2, 0.25) is 0 Å². The Morgan fingerprint density at radius 3 is 2.84 bits per heavy atom. The van der Waals surface area contributed by atoms with Gasteiger partial charge in [-0.15, -0.1) is 11.3 Å². The highest BCUT2D eigenvalue weighted by Crippen LogP contribution is 2.32. The van der Waals surface area contributed by atoms with Crippen molar-refractivity contribution in [3.05, 3.63) is 20.8 Å². The minimum absolute atomic E-state index is 0.312. The minimum Gasteiger partial charge on any atom is -0.370 e. The van der Waals surface area contributed by atoms with E-state index in [1.54, 1.807) is 11.3 Å². The van der Waals surface area contributed by atoms with E-state index in [1.807, 2.05) is 0 Å². The molecule has 0 saturated carbocycles. The summed E-state index contributed by atoms with van der Waals surface area (Å²) in [5.74, 6) is 0.682. The lowest BCUT2D eigenvalue weighted by molar-refractivity contribution is 0.250. The van der Waals surface area contributed by atoms with Gasteiger partial charge < -0.3 is 15.5 Å². The fraction of sp³-hybridized carbons (Fsp3) is 0.615. The van der Waals surface area contributed by atoms with Crippen LogP contribution in [0, 0.1) is 0 Å². The molecule has 2 heterocycles. The van der Waals surface area contributed by atoms with Gasteiger partial charge in [-0.3, -0.25) is 4.99 Å². The predicted octanol–water partition coefficient (Wildman–Crippen LogP) is 2.52. The topological polar surface area (TPSA) is 44.9 Å². The molecule has 1 atom stereocenters. The number of hydrogen-bond acceptors (Lipinski definition) is 5. The van der Waals surface area contributed by atoms with Crippen LogP contribution in [-0.4, -0.2) is 48.5 Å². The van der Waals surface area contributed by atoms with Crippen LogP contribution in [0.1, 0.15) is 24.8 Å². The van der Waals surface area contributed by atoms with Gasteiger partial charge in [0.25, 0.3) is 0 Å². The standard InChI is InChI=1S/C13H21BrN4S/c1-3-17(4-2)5-6-18-11(8-16-13(18)15)12-7-10(14)9-19-12/h7,9,11H,3-6,8H2,1-2H3,(H2,15,16). The summed E-state index contributed by atoms with van der Waals surface area (Å²) in [7, 11) is 0. The van der Waals surface area contributed by atoms with E-state index in [0.717, 1.165) is 37.2 Å². The molecule has 0 bridgehead atoms. The molecule has 1 unspecified atom stereocenters. The maximum absolute atomic E-state index is 6.03. The van der Waals surface area contributed by atoms with E-state index in [0.29, 0.717) is 12.0 Å². The molecule has 4 nitrogen and oxygen atoms in total. The molecular weight excluding hydrogens is 324 g/mol. The fourth-order valence-corrected chi connectivity index (χ4v) is 3.88. The monoisotopic (exact) mass is 344 g/mol. The third-order valence-corrected chi connectivity index (χ3v) is 5.36. The lowest BCUT2D eigenvalue weighted by Crippen LogP contribution is -2.41. The molecule has 2 N–H and O–H groups in total. The summed E-state index contributed by atoms with van der Waals surface area (Å²) >= 11 is 5.28. The highest BCUT2D eigenvalue weighted by molar-refractivity contribution is 9.10. The molecule has 0 spiro atoms. The van der Waals surface area contributed by atoms with Crippen LogP contribution in [0.15, 0.2) is 20.9 Å². The number of thiophene rings is 1. The van der Waals surface area contributed by atoms with E-state index in [2.05, 4.69) is 56.0 Å². The summed E-state index contributed by atoms with van der Waals surface area (Å²) in [6, 6.07) is 2.49. The van der Waals surface area contributed by atoms with Gasteiger partial charge in [0.15, 0.2) is 5.96 Å².